The Bertz CT molecular complexity index is 424. The van der Waals surface area contributed by atoms with Crippen LogP contribution in [0.2, 0.25) is 0 Å². The van der Waals surface area contributed by atoms with Gasteiger partial charge in [0.15, 0.2) is 0 Å². The van der Waals surface area contributed by atoms with Crippen LogP contribution in [0.1, 0.15) is 52.4 Å². The lowest BCUT2D eigenvalue weighted by Crippen LogP contribution is -2.54. The van der Waals surface area contributed by atoms with Gasteiger partial charge in [0.1, 0.15) is 6.10 Å². The lowest BCUT2D eigenvalue weighted by molar-refractivity contribution is -0.141. The average Bonchev–Trinajstić information content (AvgIpc) is 2.56. The first-order valence-electron chi connectivity index (χ1n) is 9.10. The van der Waals surface area contributed by atoms with E-state index in [-0.39, 0.29) is 36.7 Å². The number of amides is 3. The first-order valence-corrected chi connectivity index (χ1v) is 9.10. The molecule has 2 rings (SSSR count). The van der Waals surface area contributed by atoms with Crippen molar-refractivity contribution in [1.29, 1.82) is 0 Å². The molecule has 138 valence electrons. The van der Waals surface area contributed by atoms with Crippen molar-refractivity contribution in [3.05, 3.63) is 0 Å². The third-order valence-electron chi connectivity index (χ3n) is 4.64. The fraction of sp³-hybridized carbons (Fsp3) is 0.882. The number of rotatable bonds is 5. The van der Waals surface area contributed by atoms with E-state index in [0.717, 1.165) is 25.9 Å². The van der Waals surface area contributed by atoms with Crippen molar-refractivity contribution in [2.75, 3.05) is 19.7 Å². The molecule has 0 aliphatic carbocycles. The van der Waals surface area contributed by atoms with E-state index in [4.69, 9.17) is 4.74 Å². The van der Waals surface area contributed by atoms with Gasteiger partial charge in [-0.25, -0.2) is 4.79 Å². The number of ether oxygens (including phenoxy) is 1. The van der Waals surface area contributed by atoms with Crippen LogP contribution in [0.25, 0.3) is 0 Å². The first-order chi connectivity index (χ1) is 11.5. The average molecular weight is 341 g/mol. The Hall–Kier alpha value is -1.34. The molecule has 0 aromatic heterocycles. The topological polar surface area (TPSA) is 90.9 Å². The van der Waals surface area contributed by atoms with E-state index in [1.54, 1.807) is 0 Å². The fourth-order valence-electron chi connectivity index (χ4n) is 3.39. The summed E-state index contributed by atoms with van der Waals surface area (Å²) < 4.78 is 5.88. The number of carbonyl (C=O) groups is 2. The number of piperidine rings is 1. The van der Waals surface area contributed by atoms with E-state index in [0.29, 0.717) is 19.3 Å². The van der Waals surface area contributed by atoms with Gasteiger partial charge in [-0.15, -0.1) is 0 Å². The van der Waals surface area contributed by atoms with Crippen molar-refractivity contribution in [3.8, 4) is 0 Å². The number of aliphatic hydroxyl groups excluding tert-OH is 1. The molecule has 0 saturated carbocycles. The van der Waals surface area contributed by atoms with Crippen LogP contribution >= 0.6 is 0 Å². The van der Waals surface area contributed by atoms with E-state index in [9.17, 15) is 14.7 Å². The molecule has 7 nitrogen and oxygen atoms in total. The monoisotopic (exact) mass is 341 g/mol. The second-order valence-corrected chi connectivity index (χ2v) is 7.08. The Labute approximate surface area is 144 Å². The minimum Gasteiger partial charge on any atom is -0.394 e. The zero-order valence-electron chi connectivity index (χ0n) is 14.8. The van der Waals surface area contributed by atoms with Gasteiger partial charge in [-0.3, -0.25) is 4.79 Å². The molecule has 7 heteroatoms. The lowest BCUT2D eigenvalue weighted by atomic mass is 9.96. The number of aliphatic hydroxyl groups is 1. The maximum absolute atomic E-state index is 12.3. The molecular weight excluding hydrogens is 310 g/mol. The molecule has 3 N–H and O–H groups in total. The predicted molar refractivity (Wildman–Crippen MR) is 90.6 cm³/mol. The van der Waals surface area contributed by atoms with E-state index in [1.807, 2.05) is 18.7 Å². The van der Waals surface area contributed by atoms with Crippen LogP contribution in [0, 0.1) is 0 Å². The van der Waals surface area contributed by atoms with Crippen LogP contribution in [0.3, 0.4) is 0 Å². The highest BCUT2D eigenvalue weighted by Gasteiger charge is 2.33. The molecule has 0 bridgehead atoms. The molecule has 0 radical (unpaired) electrons. The molecule has 0 unspecified atom stereocenters. The molecule has 2 saturated heterocycles. The van der Waals surface area contributed by atoms with Gasteiger partial charge >= 0.3 is 6.03 Å². The number of likely N-dealkylation sites (tertiary alicyclic amines) is 1. The van der Waals surface area contributed by atoms with Gasteiger partial charge in [-0.05, 0) is 46.0 Å². The normalized spacial score (nSPS) is 27.8. The van der Waals surface area contributed by atoms with Crippen molar-refractivity contribution < 1.29 is 19.4 Å². The summed E-state index contributed by atoms with van der Waals surface area (Å²) in [6, 6.07) is -0.424. The highest BCUT2D eigenvalue weighted by Crippen LogP contribution is 2.23. The zero-order valence-corrected chi connectivity index (χ0v) is 14.8. The van der Waals surface area contributed by atoms with Crippen LogP contribution < -0.4 is 10.6 Å². The summed E-state index contributed by atoms with van der Waals surface area (Å²) in [5.74, 6) is 0.139. The Morgan fingerprint density at radius 1 is 1.21 bits per heavy atom. The van der Waals surface area contributed by atoms with Crippen molar-refractivity contribution in [3.63, 3.8) is 0 Å². The second kappa shape index (κ2) is 9.22. The number of nitrogens with one attached hydrogen (secondary N) is 2. The third kappa shape index (κ3) is 5.63. The second-order valence-electron chi connectivity index (χ2n) is 7.08. The predicted octanol–water partition coefficient (Wildman–Crippen LogP) is 1.01. The molecule has 0 aromatic rings. The van der Waals surface area contributed by atoms with Gasteiger partial charge < -0.3 is 25.4 Å². The maximum atomic E-state index is 12.3. The molecule has 2 aliphatic rings. The summed E-state index contributed by atoms with van der Waals surface area (Å²) in [7, 11) is 0. The number of carbonyl (C=O) groups excluding carboxylic acids is 2. The van der Waals surface area contributed by atoms with Gasteiger partial charge in [0.2, 0.25) is 5.91 Å². The first kappa shape index (κ1) is 19.0. The molecule has 2 aliphatic heterocycles. The Morgan fingerprint density at radius 3 is 2.54 bits per heavy atom. The van der Waals surface area contributed by atoms with Crippen molar-refractivity contribution >= 4 is 11.9 Å². The SMILES string of the molecule is CC(C)NC(=O)N[C@@H]1CC[C@H](CC(=O)N2CCCCC2)O[C@@H]1CO. The largest absolute Gasteiger partial charge is 0.394 e. The molecule has 0 spiro atoms. The molecular formula is C17H31N3O4. The number of urea groups is 1. The smallest absolute Gasteiger partial charge is 0.315 e. The summed E-state index contributed by atoms with van der Waals surface area (Å²) in [4.78, 5) is 26.1. The number of hydrogen-bond acceptors (Lipinski definition) is 4. The standard InChI is InChI=1S/C17H31N3O4/c1-12(2)18-17(23)19-14-7-6-13(24-15(14)11-21)10-16(22)20-8-4-3-5-9-20/h12-15,21H,3-11H2,1-2H3,(H2,18,19,23)/t13-,14-,15-/m1/s1. The highest BCUT2D eigenvalue weighted by molar-refractivity contribution is 5.77. The minimum atomic E-state index is -0.462. The molecule has 24 heavy (non-hydrogen) atoms. The van der Waals surface area contributed by atoms with Crippen LogP contribution in [0.15, 0.2) is 0 Å². The Balaban J connectivity index is 1.80. The Kier molecular flexibility index (Phi) is 7.30. The lowest BCUT2D eigenvalue weighted by Gasteiger charge is -2.37. The molecule has 2 fully saturated rings. The van der Waals surface area contributed by atoms with E-state index in [1.165, 1.54) is 6.42 Å². The molecule has 2 heterocycles. The summed E-state index contributed by atoms with van der Waals surface area (Å²) in [5.41, 5.74) is 0. The quantitative estimate of drug-likeness (QED) is 0.696. The summed E-state index contributed by atoms with van der Waals surface area (Å²) >= 11 is 0. The number of nitrogens with zero attached hydrogens (tertiary/aromatic N) is 1. The molecule has 0 aromatic carbocycles. The van der Waals surface area contributed by atoms with Gasteiger partial charge in [0, 0.05) is 19.1 Å². The van der Waals surface area contributed by atoms with Crippen molar-refractivity contribution in [2.45, 2.75) is 76.7 Å². The van der Waals surface area contributed by atoms with Gasteiger partial charge in [0.05, 0.1) is 25.2 Å². The Morgan fingerprint density at radius 2 is 1.92 bits per heavy atom. The zero-order chi connectivity index (χ0) is 17.5. The van der Waals surface area contributed by atoms with Crippen LogP contribution in [-0.4, -0.2) is 65.9 Å². The molecule has 3 atom stereocenters. The molecule has 3 amide bonds. The third-order valence-corrected chi connectivity index (χ3v) is 4.64. The van der Waals surface area contributed by atoms with E-state index in [2.05, 4.69) is 10.6 Å². The highest BCUT2D eigenvalue weighted by atomic mass is 16.5. The van der Waals surface area contributed by atoms with E-state index < -0.39 is 6.10 Å². The van der Waals surface area contributed by atoms with E-state index >= 15 is 0 Å². The van der Waals surface area contributed by atoms with Crippen LogP contribution in [-0.2, 0) is 9.53 Å². The summed E-state index contributed by atoms with van der Waals surface area (Å²) in [6.45, 7) is 5.30. The van der Waals surface area contributed by atoms with Crippen molar-refractivity contribution in [2.24, 2.45) is 0 Å². The summed E-state index contributed by atoms with van der Waals surface area (Å²) in [6.07, 6.45) is 4.49. The van der Waals surface area contributed by atoms with Gasteiger partial charge in [-0.2, -0.15) is 0 Å². The van der Waals surface area contributed by atoms with Crippen molar-refractivity contribution in [1.82, 2.24) is 15.5 Å². The van der Waals surface area contributed by atoms with Gasteiger partial charge in [-0.1, -0.05) is 0 Å². The van der Waals surface area contributed by atoms with Crippen LogP contribution in [0.5, 0.6) is 0 Å². The summed E-state index contributed by atoms with van der Waals surface area (Å²) in [5, 5.41) is 15.2. The van der Waals surface area contributed by atoms with Gasteiger partial charge in [0.25, 0.3) is 0 Å². The minimum absolute atomic E-state index is 0.0528. The maximum Gasteiger partial charge on any atom is 0.315 e. The number of hydrogen-bond donors (Lipinski definition) is 3. The van der Waals surface area contributed by atoms with Crippen LogP contribution in [0.4, 0.5) is 4.79 Å². The fourth-order valence-corrected chi connectivity index (χ4v) is 3.39.